The van der Waals surface area contributed by atoms with Crippen molar-refractivity contribution in [3.8, 4) is 5.75 Å². The largest absolute Gasteiger partial charge is 0.497 e. The second-order valence-corrected chi connectivity index (χ2v) is 6.86. The van der Waals surface area contributed by atoms with Crippen molar-refractivity contribution < 1.29 is 13.9 Å². The van der Waals surface area contributed by atoms with Gasteiger partial charge in [-0.05, 0) is 48.2 Å². The molecule has 126 valence electrons. The van der Waals surface area contributed by atoms with Gasteiger partial charge in [-0.2, -0.15) is 0 Å². The van der Waals surface area contributed by atoms with Crippen LogP contribution in [-0.4, -0.2) is 24.5 Å². The maximum Gasteiger partial charge on any atom is 0.223 e. The van der Waals surface area contributed by atoms with Crippen LogP contribution in [0.4, 0.5) is 4.39 Å². The van der Waals surface area contributed by atoms with Gasteiger partial charge in [-0.1, -0.05) is 28.1 Å². The number of amides is 1. The normalized spacial score (nSPS) is 13.5. The van der Waals surface area contributed by atoms with Gasteiger partial charge in [0.25, 0.3) is 0 Å². The first-order valence-electron chi connectivity index (χ1n) is 7.94. The highest BCUT2D eigenvalue weighted by Gasteiger charge is 2.23. The topological polar surface area (TPSA) is 29.5 Å². The molecule has 0 aromatic heterocycles. The van der Waals surface area contributed by atoms with Crippen molar-refractivity contribution in [3.05, 3.63) is 63.4 Å². The molecular formula is C19H19BrFNO2. The highest BCUT2D eigenvalue weighted by Crippen LogP contribution is 2.26. The molecule has 1 aliphatic rings. The fraction of sp³-hybridized carbons (Fsp3) is 0.316. The van der Waals surface area contributed by atoms with Gasteiger partial charge in [0.1, 0.15) is 11.6 Å². The molecule has 3 rings (SSSR count). The third-order valence-corrected chi connectivity index (χ3v) is 4.82. The number of carbonyl (C=O) groups is 1. The number of ether oxygens (including phenoxy) is 1. The first-order valence-corrected chi connectivity index (χ1v) is 8.73. The Labute approximate surface area is 149 Å². The average Bonchev–Trinajstić information content (AvgIpc) is 2.59. The Balaban J connectivity index is 1.64. The second kappa shape index (κ2) is 7.34. The molecule has 0 unspecified atom stereocenters. The van der Waals surface area contributed by atoms with Crippen molar-refractivity contribution in [3.63, 3.8) is 0 Å². The lowest BCUT2D eigenvalue weighted by Gasteiger charge is -2.29. The van der Waals surface area contributed by atoms with Crippen molar-refractivity contribution in [1.82, 2.24) is 4.90 Å². The summed E-state index contributed by atoms with van der Waals surface area (Å²) in [6.45, 7) is 0.991. The van der Waals surface area contributed by atoms with E-state index in [2.05, 4.69) is 15.9 Å². The van der Waals surface area contributed by atoms with E-state index >= 15 is 0 Å². The van der Waals surface area contributed by atoms with Gasteiger partial charge < -0.3 is 9.64 Å². The molecule has 1 heterocycles. The van der Waals surface area contributed by atoms with E-state index in [9.17, 15) is 9.18 Å². The predicted molar refractivity (Wildman–Crippen MR) is 94.5 cm³/mol. The molecule has 24 heavy (non-hydrogen) atoms. The molecule has 2 aromatic carbocycles. The number of halogens is 2. The van der Waals surface area contributed by atoms with Crippen LogP contribution in [0.15, 0.2) is 40.9 Å². The minimum atomic E-state index is -0.246. The molecule has 0 bridgehead atoms. The molecular weight excluding hydrogens is 373 g/mol. The third-order valence-electron chi connectivity index (χ3n) is 4.37. The zero-order chi connectivity index (χ0) is 17.1. The quantitative estimate of drug-likeness (QED) is 0.784. The van der Waals surface area contributed by atoms with Crippen molar-refractivity contribution in [2.24, 2.45) is 0 Å². The van der Waals surface area contributed by atoms with Crippen molar-refractivity contribution in [2.45, 2.75) is 25.8 Å². The van der Waals surface area contributed by atoms with Gasteiger partial charge in [-0.15, -0.1) is 0 Å². The lowest BCUT2D eigenvalue weighted by atomic mass is 9.98. The molecule has 2 aromatic rings. The first-order chi connectivity index (χ1) is 11.6. The predicted octanol–water partition coefficient (Wildman–Crippen LogP) is 4.11. The van der Waals surface area contributed by atoms with Gasteiger partial charge in [-0.25, -0.2) is 4.39 Å². The number of methoxy groups -OCH3 is 1. The monoisotopic (exact) mass is 391 g/mol. The van der Waals surface area contributed by atoms with Crippen LogP contribution in [-0.2, 0) is 24.2 Å². The summed E-state index contributed by atoms with van der Waals surface area (Å²) in [5, 5.41) is 0. The number of aryl methyl sites for hydroxylation is 1. The number of benzene rings is 2. The Hall–Kier alpha value is -1.88. The van der Waals surface area contributed by atoms with Crippen LogP contribution in [0.3, 0.4) is 0 Å². The summed E-state index contributed by atoms with van der Waals surface area (Å²) in [6, 6.07) is 11.1. The minimum absolute atomic E-state index is 0.0609. The van der Waals surface area contributed by atoms with Crippen molar-refractivity contribution >= 4 is 21.8 Å². The van der Waals surface area contributed by atoms with Gasteiger partial charge in [0.2, 0.25) is 5.91 Å². The van der Waals surface area contributed by atoms with E-state index in [1.165, 1.54) is 6.07 Å². The van der Waals surface area contributed by atoms with Crippen molar-refractivity contribution in [2.75, 3.05) is 13.7 Å². The number of hydrogen-bond donors (Lipinski definition) is 0. The Morgan fingerprint density at radius 3 is 2.96 bits per heavy atom. The van der Waals surface area contributed by atoms with Crippen LogP contribution in [0.25, 0.3) is 0 Å². The molecule has 1 amide bonds. The van der Waals surface area contributed by atoms with Crippen LogP contribution in [0, 0.1) is 5.82 Å². The summed E-state index contributed by atoms with van der Waals surface area (Å²) < 4.78 is 20.1. The Morgan fingerprint density at radius 1 is 1.33 bits per heavy atom. The van der Waals surface area contributed by atoms with E-state index in [4.69, 9.17) is 4.74 Å². The highest BCUT2D eigenvalue weighted by molar-refractivity contribution is 9.10. The lowest BCUT2D eigenvalue weighted by Crippen LogP contribution is -2.36. The van der Waals surface area contributed by atoms with Crippen LogP contribution in [0.2, 0.25) is 0 Å². The summed E-state index contributed by atoms with van der Waals surface area (Å²) in [5.41, 5.74) is 2.69. The first kappa shape index (κ1) is 17.0. The van der Waals surface area contributed by atoms with E-state index < -0.39 is 0 Å². The van der Waals surface area contributed by atoms with E-state index in [1.54, 1.807) is 12.0 Å². The van der Waals surface area contributed by atoms with Gasteiger partial charge >= 0.3 is 0 Å². The molecule has 1 aliphatic heterocycles. The number of carbonyl (C=O) groups excluding carboxylic acids is 1. The number of fused-ring (bicyclic) bond motifs is 1. The SMILES string of the molecule is COc1cccc(CCC(=O)N2CCc3cc(Br)cc(F)c3C2)c1. The van der Waals surface area contributed by atoms with Crippen LogP contribution < -0.4 is 4.74 Å². The van der Waals surface area contributed by atoms with Crippen LogP contribution >= 0.6 is 15.9 Å². The highest BCUT2D eigenvalue weighted by atomic mass is 79.9. The van der Waals surface area contributed by atoms with Crippen molar-refractivity contribution in [1.29, 1.82) is 0 Å². The molecule has 5 heteroatoms. The number of rotatable bonds is 4. The van der Waals surface area contributed by atoms with Gasteiger partial charge in [-0.3, -0.25) is 4.79 Å². The summed E-state index contributed by atoms with van der Waals surface area (Å²) in [7, 11) is 1.63. The van der Waals surface area contributed by atoms with E-state index in [1.807, 2.05) is 30.3 Å². The summed E-state index contributed by atoms with van der Waals surface area (Å²) in [5.74, 6) is 0.606. The van der Waals surface area contributed by atoms with Crippen LogP contribution in [0.5, 0.6) is 5.75 Å². The third kappa shape index (κ3) is 3.78. The fourth-order valence-corrected chi connectivity index (χ4v) is 3.51. The smallest absolute Gasteiger partial charge is 0.223 e. The number of hydrogen-bond acceptors (Lipinski definition) is 2. The molecule has 0 fully saturated rings. The molecule has 0 radical (unpaired) electrons. The Kier molecular flexibility index (Phi) is 5.19. The molecule has 0 saturated heterocycles. The average molecular weight is 392 g/mol. The summed E-state index contributed by atoms with van der Waals surface area (Å²) in [4.78, 5) is 14.2. The van der Waals surface area contributed by atoms with E-state index in [0.29, 0.717) is 37.9 Å². The molecule has 0 aliphatic carbocycles. The van der Waals surface area contributed by atoms with E-state index in [0.717, 1.165) is 21.3 Å². The van der Waals surface area contributed by atoms with E-state index in [-0.39, 0.29) is 11.7 Å². The van der Waals surface area contributed by atoms with Gasteiger partial charge in [0.05, 0.1) is 7.11 Å². The Morgan fingerprint density at radius 2 is 2.17 bits per heavy atom. The maximum atomic E-state index is 14.1. The van der Waals surface area contributed by atoms with Gasteiger partial charge in [0.15, 0.2) is 0 Å². The fourth-order valence-electron chi connectivity index (χ4n) is 3.03. The second-order valence-electron chi connectivity index (χ2n) is 5.94. The Bertz CT molecular complexity index is 763. The molecule has 0 N–H and O–H groups in total. The zero-order valence-electron chi connectivity index (χ0n) is 13.5. The molecule has 0 saturated carbocycles. The zero-order valence-corrected chi connectivity index (χ0v) is 15.1. The maximum absolute atomic E-state index is 14.1. The summed E-state index contributed by atoms with van der Waals surface area (Å²) in [6.07, 6.45) is 1.76. The van der Waals surface area contributed by atoms with Crippen LogP contribution in [0.1, 0.15) is 23.1 Å². The molecule has 3 nitrogen and oxygen atoms in total. The van der Waals surface area contributed by atoms with Gasteiger partial charge in [0, 0.05) is 29.5 Å². The summed E-state index contributed by atoms with van der Waals surface area (Å²) >= 11 is 3.32. The number of nitrogens with zero attached hydrogens (tertiary/aromatic N) is 1. The minimum Gasteiger partial charge on any atom is -0.497 e. The molecule has 0 atom stereocenters. The lowest BCUT2D eigenvalue weighted by molar-refractivity contribution is -0.132. The standard InChI is InChI=1S/C19H19BrFNO2/c1-24-16-4-2-3-13(9-16)5-6-19(23)22-8-7-14-10-15(20)11-18(21)17(14)12-22/h2-4,9-11H,5-8,12H2,1H3. The molecule has 0 spiro atoms.